The number of benzene rings is 1. The van der Waals surface area contributed by atoms with Gasteiger partial charge >= 0.3 is 0 Å². The Hall–Kier alpha value is -2.37. The Balaban J connectivity index is 1.72. The molecule has 0 spiro atoms. The molecule has 1 aliphatic carbocycles. The molecule has 1 aliphatic rings. The van der Waals surface area contributed by atoms with Gasteiger partial charge in [0.15, 0.2) is 0 Å². The molecule has 4 rings (SSSR count). The number of pyridine rings is 1. The fourth-order valence-electron chi connectivity index (χ4n) is 4.09. The molecule has 0 saturated heterocycles. The molecule has 2 heterocycles. The Labute approximate surface area is 159 Å². The minimum Gasteiger partial charge on any atom is -0.468 e. The van der Waals surface area contributed by atoms with Crippen LogP contribution in [0.5, 0.6) is 0 Å². The van der Waals surface area contributed by atoms with Crippen molar-refractivity contribution >= 4 is 10.9 Å². The lowest BCUT2D eigenvalue weighted by Gasteiger charge is -2.18. The maximum atomic E-state index is 13.2. The predicted molar refractivity (Wildman–Crippen MR) is 108 cm³/mol. The van der Waals surface area contributed by atoms with Gasteiger partial charge < -0.3 is 14.3 Å². The van der Waals surface area contributed by atoms with Crippen molar-refractivity contribution in [3.05, 3.63) is 69.4 Å². The van der Waals surface area contributed by atoms with Gasteiger partial charge in [-0.2, -0.15) is 0 Å². The van der Waals surface area contributed by atoms with Gasteiger partial charge in [-0.05, 0) is 80.2 Å². The Morgan fingerprint density at radius 2 is 2.00 bits per heavy atom. The first-order valence-corrected chi connectivity index (χ1v) is 9.69. The highest BCUT2D eigenvalue weighted by atomic mass is 16.3. The molecule has 0 atom stereocenters. The van der Waals surface area contributed by atoms with E-state index in [-0.39, 0.29) is 5.56 Å². The maximum absolute atomic E-state index is 13.2. The molecule has 0 bridgehead atoms. The van der Waals surface area contributed by atoms with Gasteiger partial charge in [0.25, 0.3) is 5.56 Å². The summed E-state index contributed by atoms with van der Waals surface area (Å²) in [6, 6.07) is 10.5. The van der Waals surface area contributed by atoms with Crippen molar-refractivity contribution in [2.24, 2.45) is 0 Å². The molecule has 0 aliphatic heterocycles. The highest BCUT2D eigenvalue weighted by Crippen LogP contribution is 2.27. The molecule has 5 nitrogen and oxygen atoms in total. The van der Waals surface area contributed by atoms with Gasteiger partial charge in [0.1, 0.15) is 5.76 Å². The van der Waals surface area contributed by atoms with Gasteiger partial charge in [-0.15, -0.1) is 0 Å². The second-order valence-electron chi connectivity index (χ2n) is 7.51. The molecule has 5 heteroatoms. The fourth-order valence-corrected chi connectivity index (χ4v) is 4.09. The van der Waals surface area contributed by atoms with Crippen molar-refractivity contribution in [3.63, 3.8) is 0 Å². The summed E-state index contributed by atoms with van der Waals surface area (Å²) in [6.45, 7) is 2.75. The quantitative estimate of drug-likeness (QED) is 0.699. The number of aryl methyl sites for hydroxylation is 2. The SMILES string of the molecule is CNCCn1c(=O)c(CN(C)Cc2ccco2)cc2cc3c(cc21)CCC3. The van der Waals surface area contributed by atoms with Crippen LogP contribution in [0.1, 0.15) is 28.9 Å². The zero-order valence-electron chi connectivity index (χ0n) is 16.1. The molecular formula is C22H27N3O2. The highest BCUT2D eigenvalue weighted by Gasteiger charge is 2.16. The lowest BCUT2D eigenvalue weighted by Crippen LogP contribution is -2.31. The Bertz CT molecular complexity index is 989. The van der Waals surface area contributed by atoms with Crippen LogP contribution in [0.25, 0.3) is 10.9 Å². The molecule has 1 aromatic carbocycles. The summed E-state index contributed by atoms with van der Waals surface area (Å²) in [6.07, 6.45) is 5.17. The van der Waals surface area contributed by atoms with Gasteiger partial charge in [0.2, 0.25) is 0 Å². The molecule has 0 saturated carbocycles. The third kappa shape index (κ3) is 3.70. The molecule has 0 radical (unpaired) electrons. The van der Waals surface area contributed by atoms with Gasteiger partial charge in [-0.3, -0.25) is 9.69 Å². The van der Waals surface area contributed by atoms with E-state index >= 15 is 0 Å². The number of rotatable bonds is 7. The number of likely N-dealkylation sites (N-methyl/N-ethyl adjacent to an activating group) is 1. The number of hydrogen-bond donors (Lipinski definition) is 1. The monoisotopic (exact) mass is 365 g/mol. The number of nitrogens with one attached hydrogen (secondary N) is 1. The third-order valence-corrected chi connectivity index (χ3v) is 5.41. The van der Waals surface area contributed by atoms with Crippen LogP contribution in [-0.2, 0) is 32.5 Å². The van der Waals surface area contributed by atoms with E-state index in [9.17, 15) is 4.79 Å². The molecular weight excluding hydrogens is 338 g/mol. The molecule has 27 heavy (non-hydrogen) atoms. The first-order valence-electron chi connectivity index (χ1n) is 9.69. The first-order chi connectivity index (χ1) is 13.2. The minimum absolute atomic E-state index is 0.113. The molecule has 142 valence electrons. The van der Waals surface area contributed by atoms with Crippen molar-refractivity contribution < 1.29 is 4.42 Å². The van der Waals surface area contributed by atoms with Crippen LogP contribution in [0, 0.1) is 0 Å². The van der Waals surface area contributed by atoms with Crippen LogP contribution in [0.2, 0.25) is 0 Å². The lowest BCUT2D eigenvalue weighted by molar-refractivity contribution is 0.286. The van der Waals surface area contributed by atoms with E-state index in [1.54, 1.807) is 6.26 Å². The number of nitrogens with zero attached hydrogens (tertiary/aromatic N) is 2. The van der Waals surface area contributed by atoms with Gasteiger partial charge in [-0.1, -0.05) is 0 Å². The Morgan fingerprint density at radius 3 is 2.74 bits per heavy atom. The number of furan rings is 1. The summed E-state index contributed by atoms with van der Waals surface area (Å²) in [4.78, 5) is 15.3. The molecule has 2 aromatic heterocycles. The van der Waals surface area contributed by atoms with Crippen molar-refractivity contribution in [1.29, 1.82) is 0 Å². The summed E-state index contributed by atoms with van der Waals surface area (Å²) >= 11 is 0. The second-order valence-corrected chi connectivity index (χ2v) is 7.51. The number of aromatic nitrogens is 1. The van der Waals surface area contributed by atoms with E-state index in [4.69, 9.17) is 4.42 Å². The largest absolute Gasteiger partial charge is 0.468 e. The van der Waals surface area contributed by atoms with Crippen LogP contribution in [-0.4, -0.2) is 30.1 Å². The number of hydrogen-bond acceptors (Lipinski definition) is 4. The molecule has 1 N–H and O–H groups in total. The molecule has 0 amide bonds. The fraction of sp³-hybridized carbons (Fsp3) is 0.409. The van der Waals surface area contributed by atoms with Gasteiger partial charge in [0, 0.05) is 25.2 Å². The average molecular weight is 365 g/mol. The summed E-state index contributed by atoms with van der Waals surface area (Å²) in [5.74, 6) is 0.909. The minimum atomic E-state index is 0.113. The van der Waals surface area contributed by atoms with Crippen molar-refractivity contribution in [2.75, 3.05) is 20.6 Å². The standard InChI is InChI=1S/C22H27N3O2/c1-23-8-9-25-21-13-17-6-3-5-16(17)11-18(21)12-19(22(25)26)14-24(2)15-20-7-4-10-27-20/h4,7,10-13,23H,3,5-6,8-9,14-15H2,1-2H3. The maximum Gasteiger partial charge on any atom is 0.255 e. The zero-order chi connectivity index (χ0) is 18.8. The highest BCUT2D eigenvalue weighted by molar-refractivity contribution is 5.82. The summed E-state index contributed by atoms with van der Waals surface area (Å²) in [7, 11) is 3.94. The van der Waals surface area contributed by atoms with E-state index in [2.05, 4.69) is 28.4 Å². The van der Waals surface area contributed by atoms with Crippen LogP contribution in [0.3, 0.4) is 0 Å². The number of fused-ring (bicyclic) bond motifs is 2. The first kappa shape index (κ1) is 18.0. The van der Waals surface area contributed by atoms with Gasteiger partial charge in [-0.25, -0.2) is 0 Å². The Kier molecular flexibility index (Phi) is 5.14. The van der Waals surface area contributed by atoms with Crippen molar-refractivity contribution in [1.82, 2.24) is 14.8 Å². The smallest absolute Gasteiger partial charge is 0.255 e. The normalized spacial score (nSPS) is 13.6. The van der Waals surface area contributed by atoms with E-state index in [0.29, 0.717) is 19.6 Å². The lowest BCUT2D eigenvalue weighted by atomic mass is 10.0. The van der Waals surface area contributed by atoms with Crippen LogP contribution in [0.4, 0.5) is 0 Å². The van der Waals surface area contributed by atoms with Crippen LogP contribution in [0.15, 0.2) is 45.8 Å². The van der Waals surface area contributed by atoms with Crippen LogP contribution < -0.4 is 10.9 Å². The molecule has 0 fully saturated rings. The van der Waals surface area contributed by atoms with E-state index in [1.807, 2.05) is 30.8 Å². The summed E-state index contributed by atoms with van der Waals surface area (Å²) < 4.78 is 7.38. The zero-order valence-corrected chi connectivity index (χ0v) is 16.1. The third-order valence-electron chi connectivity index (χ3n) is 5.41. The molecule has 0 unspecified atom stereocenters. The summed E-state index contributed by atoms with van der Waals surface area (Å²) in [5.41, 5.74) is 4.86. The molecule has 3 aromatic rings. The predicted octanol–water partition coefficient (Wildman–Crippen LogP) is 2.93. The van der Waals surface area contributed by atoms with Crippen molar-refractivity contribution in [3.8, 4) is 0 Å². The van der Waals surface area contributed by atoms with E-state index in [0.717, 1.165) is 36.2 Å². The average Bonchev–Trinajstić information content (AvgIpc) is 3.31. The Morgan fingerprint density at radius 1 is 1.19 bits per heavy atom. The second kappa shape index (κ2) is 7.71. The van der Waals surface area contributed by atoms with E-state index in [1.165, 1.54) is 22.9 Å². The van der Waals surface area contributed by atoms with Crippen LogP contribution >= 0.6 is 0 Å². The van der Waals surface area contributed by atoms with E-state index < -0.39 is 0 Å². The summed E-state index contributed by atoms with van der Waals surface area (Å²) in [5, 5.41) is 4.34. The topological polar surface area (TPSA) is 50.4 Å². The van der Waals surface area contributed by atoms with Crippen molar-refractivity contribution in [2.45, 2.75) is 38.9 Å². The van der Waals surface area contributed by atoms with Gasteiger partial charge in [0.05, 0.1) is 18.3 Å².